The largest absolute Gasteiger partial charge is 0.480 e. The van der Waals surface area contributed by atoms with Gasteiger partial charge >= 0.3 is 12.1 Å². The van der Waals surface area contributed by atoms with E-state index < -0.39 is 35.7 Å². The summed E-state index contributed by atoms with van der Waals surface area (Å²) in [6.07, 6.45) is -3.23. The maximum Gasteiger partial charge on any atom is 0.420 e. The van der Waals surface area contributed by atoms with Crippen LogP contribution in [0.2, 0.25) is 0 Å². The van der Waals surface area contributed by atoms with Crippen LogP contribution in [0.1, 0.15) is 11.1 Å². The average Bonchev–Trinajstić information content (AvgIpc) is 3.49. The Bertz CT molecular complexity index is 1660. The van der Waals surface area contributed by atoms with Gasteiger partial charge in [0.05, 0.1) is 6.54 Å². The van der Waals surface area contributed by atoms with E-state index in [0.29, 0.717) is 28.1 Å². The normalized spacial score (nSPS) is 11.8. The van der Waals surface area contributed by atoms with Crippen LogP contribution in [0.4, 0.5) is 17.6 Å². The van der Waals surface area contributed by atoms with Gasteiger partial charge in [0.1, 0.15) is 23.2 Å². The number of carboxylic acids is 1. The molecule has 0 atom stereocenters. The monoisotopic (exact) mass is 525 g/mol. The second kappa shape index (κ2) is 9.71. The van der Waals surface area contributed by atoms with Gasteiger partial charge < -0.3 is 19.4 Å². The molecule has 0 bridgehead atoms. The van der Waals surface area contributed by atoms with E-state index >= 15 is 0 Å². The molecule has 0 saturated heterocycles. The number of hydrogen-bond acceptors (Lipinski definition) is 6. The lowest BCUT2D eigenvalue weighted by Crippen LogP contribution is -2.22. The van der Waals surface area contributed by atoms with Gasteiger partial charge in [-0.3, -0.25) is 4.79 Å². The van der Waals surface area contributed by atoms with Crippen molar-refractivity contribution in [1.82, 2.24) is 25.1 Å². The van der Waals surface area contributed by atoms with Gasteiger partial charge in [-0.15, -0.1) is 10.2 Å². The average molecular weight is 525 g/mol. The molecule has 194 valence electrons. The van der Waals surface area contributed by atoms with Gasteiger partial charge in [-0.05, 0) is 53.1 Å². The molecule has 5 rings (SSSR count). The Kier molecular flexibility index (Phi) is 6.41. The SMILES string of the molecule is Cn1cnnc1-c1cc(F)ccc1-c1cccc(-c2nc3cc(CNCC(=O)O)cc(C(F)(F)F)c3o2)c1. The molecular formula is C26H19F4N5O3. The molecule has 0 radical (unpaired) electrons. The van der Waals surface area contributed by atoms with Crippen molar-refractivity contribution in [3.8, 4) is 34.0 Å². The van der Waals surface area contributed by atoms with E-state index in [-0.39, 0.29) is 23.5 Å². The van der Waals surface area contributed by atoms with E-state index in [1.807, 2.05) is 0 Å². The lowest BCUT2D eigenvalue weighted by molar-refractivity contribution is -0.137. The van der Waals surface area contributed by atoms with Crippen LogP contribution in [-0.4, -0.2) is 37.4 Å². The summed E-state index contributed by atoms with van der Waals surface area (Å²) in [7, 11) is 1.72. The second-order valence-corrected chi connectivity index (χ2v) is 8.54. The first kappa shape index (κ1) is 25.1. The van der Waals surface area contributed by atoms with Gasteiger partial charge in [-0.25, -0.2) is 9.37 Å². The van der Waals surface area contributed by atoms with Crippen molar-refractivity contribution in [2.75, 3.05) is 6.54 Å². The van der Waals surface area contributed by atoms with E-state index in [1.165, 1.54) is 24.5 Å². The Labute approximate surface area is 212 Å². The fourth-order valence-corrected chi connectivity index (χ4v) is 4.14. The number of carbonyl (C=O) groups is 1. The van der Waals surface area contributed by atoms with Gasteiger partial charge in [0.15, 0.2) is 11.4 Å². The third kappa shape index (κ3) is 4.98. The number of nitrogens with zero attached hydrogens (tertiary/aromatic N) is 4. The van der Waals surface area contributed by atoms with Gasteiger partial charge in [-0.2, -0.15) is 13.2 Å². The molecule has 0 aliphatic rings. The molecule has 2 N–H and O–H groups in total. The number of halogens is 4. The van der Waals surface area contributed by atoms with Crippen molar-refractivity contribution in [1.29, 1.82) is 0 Å². The standard InChI is InChI=1S/C26H19F4N5O3/c1-35-13-32-34-24(35)19-10-17(27)5-6-18(19)15-3-2-4-16(9-15)25-33-21-8-14(11-31-12-22(36)37)7-20(23(21)38-25)26(28,29)30/h2-10,13,31H,11-12H2,1H3,(H,36,37). The summed E-state index contributed by atoms with van der Waals surface area (Å²) < 4.78 is 62.9. The molecule has 0 aliphatic carbocycles. The Morgan fingerprint density at radius 2 is 1.87 bits per heavy atom. The lowest BCUT2D eigenvalue weighted by Gasteiger charge is -2.10. The second-order valence-electron chi connectivity index (χ2n) is 8.54. The molecule has 0 aliphatic heterocycles. The summed E-state index contributed by atoms with van der Waals surface area (Å²) in [6.45, 7) is -0.506. The van der Waals surface area contributed by atoms with Crippen molar-refractivity contribution in [3.63, 3.8) is 0 Å². The highest BCUT2D eigenvalue weighted by molar-refractivity contribution is 5.84. The van der Waals surface area contributed by atoms with Gasteiger partial charge in [0, 0.05) is 24.7 Å². The number of aliphatic carboxylic acids is 1. The Balaban J connectivity index is 1.58. The minimum atomic E-state index is -4.72. The number of nitrogens with one attached hydrogen (secondary N) is 1. The minimum Gasteiger partial charge on any atom is -0.480 e. The molecule has 0 unspecified atom stereocenters. The summed E-state index contributed by atoms with van der Waals surface area (Å²) in [5, 5.41) is 19.3. The Morgan fingerprint density at radius 1 is 1.08 bits per heavy atom. The van der Waals surface area contributed by atoms with Crippen LogP contribution in [0.15, 0.2) is 65.3 Å². The molecule has 0 fully saturated rings. The van der Waals surface area contributed by atoms with Crippen molar-refractivity contribution < 1.29 is 31.9 Å². The molecule has 12 heteroatoms. The highest BCUT2D eigenvalue weighted by atomic mass is 19.4. The summed E-state index contributed by atoms with van der Waals surface area (Å²) >= 11 is 0. The van der Waals surface area contributed by atoms with Gasteiger partial charge in [-0.1, -0.05) is 18.2 Å². The minimum absolute atomic E-state index is 0.0195. The highest BCUT2D eigenvalue weighted by Crippen LogP contribution is 2.39. The van der Waals surface area contributed by atoms with Crippen LogP contribution in [0.5, 0.6) is 0 Å². The van der Waals surface area contributed by atoms with Crippen LogP contribution in [-0.2, 0) is 24.6 Å². The van der Waals surface area contributed by atoms with Crippen LogP contribution < -0.4 is 5.32 Å². The fourth-order valence-electron chi connectivity index (χ4n) is 4.14. The van der Waals surface area contributed by atoms with Crippen molar-refractivity contribution >= 4 is 17.1 Å². The molecule has 0 amide bonds. The van der Waals surface area contributed by atoms with Gasteiger partial charge in [0.2, 0.25) is 5.89 Å². The van der Waals surface area contributed by atoms with Crippen molar-refractivity contribution in [2.45, 2.75) is 12.7 Å². The summed E-state index contributed by atoms with van der Waals surface area (Å²) in [4.78, 5) is 15.0. The van der Waals surface area contributed by atoms with Crippen LogP contribution in [0.25, 0.3) is 45.1 Å². The predicted octanol–water partition coefficient (Wildman–Crippen LogP) is 5.29. The molecule has 0 saturated carbocycles. The summed E-state index contributed by atoms with van der Waals surface area (Å²) in [6, 6.07) is 13.3. The first-order chi connectivity index (χ1) is 18.1. The molecule has 2 heterocycles. The van der Waals surface area contributed by atoms with E-state index in [9.17, 15) is 22.4 Å². The molecule has 8 nitrogen and oxygen atoms in total. The number of aryl methyl sites for hydroxylation is 1. The number of rotatable bonds is 7. The van der Waals surface area contributed by atoms with Crippen LogP contribution in [0.3, 0.4) is 0 Å². The third-order valence-corrected chi connectivity index (χ3v) is 5.82. The number of carboxylic acid groups (broad SMARTS) is 1. The highest BCUT2D eigenvalue weighted by Gasteiger charge is 2.35. The smallest absolute Gasteiger partial charge is 0.420 e. The maximum atomic E-state index is 14.1. The van der Waals surface area contributed by atoms with E-state index in [0.717, 1.165) is 6.07 Å². The fraction of sp³-hybridized carbons (Fsp3) is 0.154. The Morgan fingerprint density at radius 3 is 2.58 bits per heavy atom. The number of oxazole rings is 1. The first-order valence-corrected chi connectivity index (χ1v) is 11.3. The first-order valence-electron chi connectivity index (χ1n) is 11.3. The lowest BCUT2D eigenvalue weighted by atomic mass is 9.97. The van der Waals surface area contributed by atoms with E-state index in [2.05, 4.69) is 20.5 Å². The number of alkyl halides is 3. The van der Waals surface area contributed by atoms with Gasteiger partial charge in [0.25, 0.3) is 0 Å². The molecule has 38 heavy (non-hydrogen) atoms. The zero-order valence-electron chi connectivity index (χ0n) is 19.8. The molecule has 2 aromatic heterocycles. The van der Waals surface area contributed by atoms with Crippen LogP contribution >= 0.6 is 0 Å². The summed E-state index contributed by atoms with van der Waals surface area (Å²) in [5.74, 6) is -1.19. The number of fused-ring (bicyclic) bond motifs is 1. The van der Waals surface area contributed by atoms with E-state index in [4.69, 9.17) is 9.52 Å². The van der Waals surface area contributed by atoms with Crippen LogP contribution in [0, 0.1) is 5.82 Å². The number of hydrogen-bond donors (Lipinski definition) is 2. The zero-order valence-corrected chi connectivity index (χ0v) is 19.8. The van der Waals surface area contributed by atoms with E-state index in [1.54, 1.807) is 41.9 Å². The topological polar surface area (TPSA) is 106 Å². The molecule has 5 aromatic rings. The summed E-state index contributed by atoms with van der Waals surface area (Å²) in [5.41, 5.74) is 0.901. The van der Waals surface area contributed by atoms with Crippen molar-refractivity contribution in [2.24, 2.45) is 7.05 Å². The quantitative estimate of drug-likeness (QED) is 0.278. The third-order valence-electron chi connectivity index (χ3n) is 5.82. The number of benzene rings is 3. The zero-order chi connectivity index (χ0) is 27.0. The molecule has 0 spiro atoms. The molecular weight excluding hydrogens is 506 g/mol. The Hall–Kier alpha value is -4.58. The number of aromatic nitrogens is 4. The molecule has 3 aromatic carbocycles. The van der Waals surface area contributed by atoms with Crippen molar-refractivity contribution in [3.05, 3.63) is 77.9 Å². The predicted molar refractivity (Wildman–Crippen MR) is 129 cm³/mol. The maximum absolute atomic E-state index is 14.1.